The third-order valence-corrected chi connectivity index (χ3v) is 5.49. The average molecular weight is 467 g/mol. The summed E-state index contributed by atoms with van der Waals surface area (Å²) in [4.78, 5) is 13.0. The molecule has 3 aromatic carbocycles. The van der Waals surface area contributed by atoms with E-state index in [0.29, 0.717) is 16.8 Å². The van der Waals surface area contributed by atoms with Gasteiger partial charge in [-0.1, -0.05) is 24.3 Å². The topological polar surface area (TPSA) is 56.8 Å². The predicted octanol–water partition coefficient (Wildman–Crippen LogP) is 5.23. The molecule has 10 heteroatoms. The number of rotatable bonds is 4. The first-order valence-electron chi connectivity index (χ1n) is 9.79. The Morgan fingerprint density at radius 3 is 2.03 bits per heavy atom. The molecule has 1 aliphatic heterocycles. The number of fused-ring (bicyclic) bond motifs is 1. The molecule has 0 radical (unpaired) electrons. The lowest BCUT2D eigenvalue weighted by Crippen LogP contribution is -2.46. The zero-order valence-corrected chi connectivity index (χ0v) is 17.5. The number of hydrogen-bond donors (Lipinski definition) is 1. The van der Waals surface area contributed by atoms with E-state index in [1.165, 1.54) is 14.0 Å². The smallest absolute Gasteiger partial charge is 0.235 e. The molecule has 0 spiro atoms. The number of halogens is 5. The molecule has 0 bridgehead atoms. The van der Waals surface area contributed by atoms with Crippen molar-refractivity contribution in [1.29, 1.82) is 0 Å². The fourth-order valence-corrected chi connectivity index (χ4v) is 3.57. The highest BCUT2D eigenvalue weighted by molar-refractivity contribution is 6.05. The van der Waals surface area contributed by atoms with Crippen LogP contribution in [0.25, 0.3) is 10.8 Å². The van der Waals surface area contributed by atoms with E-state index in [0.717, 1.165) is 5.39 Å². The first kappa shape index (κ1) is 22.9. The van der Waals surface area contributed by atoms with Crippen molar-refractivity contribution < 1.29 is 41.0 Å². The fourth-order valence-electron chi connectivity index (χ4n) is 3.57. The van der Waals surface area contributed by atoms with Crippen LogP contribution in [0.2, 0.25) is 0 Å². The normalized spacial score (nSPS) is 20.6. The summed E-state index contributed by atoms with van der Waals surface area (Å²) in [6.45, 7) is 0.705. The van der Waals surface area contributed by atoms with E-state index < -0.39 is 65.5 Å². The van der Waals surface area contributed by atoms with Gasteiger partial charge >= 0.3 is 0 Å². The van der Waals surface area contributed by atoms with Gasteiger partial charge in [0.15, 0.2) is 29.6 Å². The molecule has 1 aliphatic rings. The molecule has 0 saturated carbocycles. The first-order chi connectivity index (χ1) is 15.7. The van der Waals surface area contributed by atoms with Gasteiger partial charge in [0, 0.05) is 16.5 Å². The lowest BCUT2D eigenvalue weighted by atomic mass is 9.90. The average Bonchev–Trinajstić information content (AvgIpc) is 2.83. The van der Waals surface area contributed by atoms with Crippen molar-refractivity contribution in [2.24, 2.45) is 5.41 Å². The minimum atomic E-state index is -2.28. The van der Waals surface area contributed by atoms with Crippen LogP contribution in [-0.4, -0.2) is 26.2 Å². The van der Waals surface area contributed by atoms with Crippen LogP contribution in [0.3, 0.4) is 0 Å². The largest absolute Gasteiger partial charge is 0.496 e. The lowest BCUT2D eigenvalue weighted by molar-refractivity contribution is -0.228. The summed E-state index contributed by atoms with van der Waals surface area (Å²) in [5, 5.41) is 4.26. The van der Waals surface area contributed by atoms with Crippen molar-refractivity contribution in [2.45, 2.75) is 13.2 Å². The first-order valence-corrected chi connectivity index (χ1v) is 9.79. The molecule has 0 aromatic heterocycles. The molecule has 174 valence electrons. The second kappa shape index (κ2) is 8.60. The number of benzene rings is 3. The van der Waals surface area contributed by atoms with Gasteiger partial charge in [0.25, 0.3) is 0 Å². The molecule has 1 amide bonds. The van der Waals surface area contributed by atoms with Crippen molar-refractivity contribution in [3.8, 4) is 5.75 Å². The number of nitrogens with one attached hydrogen (secondary N) is 1. The van der Waals surface area contributed by atoms with Gasteiger partial charge in [-0.2, -0.15) is 0 Å². The van der Waals surface area contributed by atoms with E-state index in [1.54, 1.807) is 24.3 Å². The Morgan fingerprint density at radius 1 is 0.909 bits per heavy atom. The van der Waals surface area contributed by atoms with E-state index in [4.69, 9.17) is 14.2 Å². The van der Waals surface area contributed by atoms with Gasteiger partial charge < -0.3 is 19.5 Å². The Balaban J connectivity index is 1.55. The lowest BCUT2D eigenvalue weighted by Gasteiger charge is -2.36. The summed E-state index contributed by atoms with van der Waals surface area (Å²) in [6, 6.07) is 10.6. The van der Waals surface area contributed by atoms with Gasteiger partial charge in [0.1, 0.15) is 5.75 Å². The summed E-state index contributed by atoms with van der Waals surface area (Å²) < 4.78 is 84.3. The summed E-state index contributed by atoms with van der Waals surface area (Å²) in [5.74, 6) is -10.5. The van der Waals surface area contributed by atoms with Crippen LogP contribution in [0.5, 0.6) is 5.75 Å². The SMILES string of the molecule is COc1ccc(NC(=O)C2(C)COC(c3c(F)c(F)c(F)c(F)c3F)OC2)c2ccccc12. The highest BCUT2D eigenvalue weighted by Crippen LogP contribution is 2.38. The molecule has 0 unspecified atom stereocenters. The number of carbonyl (C=O) groups excluding carboxylic acids is 1. The standard InChI is InChI=1S/C23H18F5NO4/c1-23(22(30)29-13-7-8-14(31-2)12-6-4-3-5-11(12)13)9-32-21(33-10-23)15-16(24)18(26)20(28)19(27)17(15)25/h3-8,21H,9-10H2,1-2H3,(H,29,30). The number of methoxy groups -OCH3 is 1. The zero-order valence-electron chi connectivity index (χ0n) is 17.5. The van der Waals surface area contributed by atoms with Crippen LogP contribution in [0.1, 0.15) is 18.8 Å². The van der Waals surface area contributed by atoms with E-state index >= 15 is 0 Å². The summed E-state index contributed by atoms with van der Waals surface area (Å²) in [6.07, 6.45) is -1.86. The Kier molecular flexibility index (Phi) is 5.98. The van der Waals surface area contributed by atoms with Crippen LogP contribution >= 0.6 is 0 Å². The molecular weight excluding hydrogens is 449 g/mol. The molecule has 33 heavy (non-hydrogen) atoms. The second-order valence-electron chi connectivity index (χ2n) is 7.81. The molecule has 5 nitrogen and oxygen atoms in total. The van der Waals surface area contributed by atoms with Crippen molar-refractivity contribution >= 4 is 22.4 Å². The monoisotopic (exact) mass is 467 g/mol. The van der Waals surface area contributed by atoms with Crippen molar-refractivity contribution in [3.05, 3.63) is 71.0 Å². The van der Waals surface area contributed by atoms with Crippen LogP contribution in [0.4, 0.5) is 27.6 Å². The summed E-state index contributed by atoms with van der Waals surface area (Å²) in [7, 11) is 1.53. The third-order valence-electron chi connectivity index (χ3n) is 5.49. The Labute approximate surface area is 185 Å². The van der Waals surface area contributed by atoms with Crippen LogP contribution in [-0.2, 0) is 14.3 Å². The van der Waals surface area contributed by atoms with Gasteiger partial charge in [0.2, 0.25) is 11.7 Å². The molecule has 4 rings (SSSR count). The zero-order chi connectivity index (χ0) is 23.9. The summed E-state index contributed by atoms with van der Waals surface area (Å²) in [5.41, 5.74) is -2.06. The minimum Gasteiger partial charge on any atom is -0.496 e. The number of carbonyl (C=O) groups is 1. The van der Waals surface area contributed by atoms with E-state index in [1.807, 2.05) is 12.1 Å². The fraction of sp³-hybridized carbons (Fsp3) is 0.261. The number of amides is 1. The van der Waals surface area contributed by atoms with Crippen LogP contribution in [0, 0.1) is 34.5 Å². The maximum atomic E-state index is 14.1. The maximum Gasteiger partial charge on any atom is 0.235 e. The Morgan fingerprint density at radius 2 is 1.45 bits per heavy atom. The predicted molar refractivity (Wildman–Crippen MR) is 108 cm³/mol. The highest BCUT2D eigenvalue weighted by atomic mass is 19.2. The quantitative estimate of drug-likeness (QED) is 0.324. The van der Waals surface area contributed by atoms with Gasteiger partial charge in [0.05, 0.1) is 31.3 Å². The number of ether oxygens (including phenoxy) is 3. The van der Waals surface area contributed by atoms with Crippen molar-refractivity contribution in [1.82, 2.24) is 0 Å². The molecule has 0 aliphatic carbocycles. The van der Waals surface area contributed by atoms with Gasteiger partial charge in [-0.05, 0) is 19.1 Å². The van der Waals surface area contributed by atoms with Crippen LogP contribution in [0.15, 0.2) is 36.4 Å². The highest BCUT2D eigenvalue weighted by Gasteiger charge is 2.42. The van der Waals surface area contributed by atoms with Crippen molar-refractivity contribution in [3.63, 3.8) is 0 Å². The Hall–Kier alpha value is -3.24. The molecule has 1 saturated heterocycles. The van der Waals surface area contributed by atoms with Crippen molar-refractivity contribution in [2.75, 3.05) is 25.6 Å². The number of hydrogen-bond acceptors (Lipinski definition) is 4. The molecule has 0 atom stereocenters. The molecule has 3 aromatic rings. The van der Waals surface area contributed by atoms with E-state index in [2.05, 4.69) is 5.32 Å². The third kappa shape index (κ3) is 3.89. The van der Waals surface area contributed by atoms with Crippen LogP contribution < -0.4 is 10.1 Å². The second-order valence-corrected chi connectivity index (χ2v) is 7.81. The molecule has 1 fully saturated rings. The van der Waals surface area contributed by atoms with Gasteiger partial charge in [-0.25, -0.2) is 22.0 Å². The molecule has 1 heterocycles. The minimum absolute atomic E-state index is 0.392. The maximum absolute atomic E-state index is 14.1. The van der Waals surface area contributed by atoms with E-state index in [-0.39, 0.29) is 0 Å². The van der Waals surface area contributed by atoms with Gasteiger partial charge in [-0.15, -0.1) is 0 Å². The number of anilines is 1. The Bertz CT molecular complexity index is 1210. The molecule has 1 N–H and O–H groups in total. The summed E-state index contributed by atoms with van der Waals surface area (Å²) >= 11 is 0. The van der Waals surface area contributed by atoms with E-state index in [9.17, 15) is 26.7 Å². The van der Waals surface area contributed by atoms with Gasteiger partial charge in [-0.3, -0.25) is 4.79 Å². The molecular formula is C23H18F5NO4.